The highest BCUT2D eigenvalue weighted by molar-refractivity contribution is 6.32. The number of rotatable bonds is 4. The molecule has 0 aliphatic heterocycles. The number of benzene rings is 1. The third-order valence-electron chi connectivity index (χ3n) is 2.39. The van der Waals surface area contributed by atoms with E-state index in [2.05, 4.69) is 16.5 Å². The minimum atomic E-state index is -0.502. The fourth-order valence-corrected chi connectivity index (χ4v) is 1.73. The molecule has 0 saturated carbocycles. The Morgan fingerprint density at radius 3 is 2.84 bits per heavy atom. The molecule has 7 heteroatoms. The van der Waals surface area contributed by atoms with Gasteiger partial charge in [-0.25, -0.2) is 20.2 Å². The van der Waals surface area contributed by atoms with E-state index in [0.717, 1.165) is 0 Å². The van der Waals surface area contributed by atoms with Crippen LogP contribution < -0.4 is 16.5 Å². The number of hydrogen-bond acceptors (Lipinski definition) is 5. The second kappa shape index (κ2) is 5.64. The van der Waals surface area contributed by atoms with E-state index in [1.807, 2.05) is 0 Å². The summed E-state index contributed by atoms with van der Waals surface area (Å²) in [6.07, 6.45) is 2.93. The summed E-state index contributed by atoms with van der Waals surface area (Å²) in [6, 6.07) is 6.94. The van der Waals surface area contributed by atoms with Gasteiger partial charge in [0.1, 0.15) is 6.33 Å². The molecule has 1 heterocycles. The zero-order valence-corrected chi connectivity index (χ0v) is 10.8. The van der Waals surface area contributed by atoms with E-state index in [9.17, 15) is 4.79 Å². The van der Waals surface area contributed by atoms with Crippen molar-refractivity contribution in [3.63, 3.8) is 0 Å². The van der Waals surface area contributed by atoms with E-state index in [-0.39, 0.29) is 5.95 Å². The molecule has 0 aliphatic carbocycles. The third-order valence-corrected chi connectivity index (χ3v) is 2.70. The van der Waals surface area contributed by atoms with Crippen LogP contribution in [0, 0.1) is 0 Å². The van der Waals surface area contributed by atoms with Gasteiger partial charge in [0, 0.05) is 0 Å². The van der Waals surface area contributed by atoms with Crippen LogP contribution in [0.5, 0.6) is 0 Å². The molecule has 1 aromatic heterocycles. The normalized spacial score (nSPS) is 10.2. The lowest BCUT2D eigenvalue weighted by atomic mass is 10.3. The van der Waals surface area contributed by atoms with Crippen LogP contribution in [0.2, 0.25) is 5.02 Å². The molecule has 19 heavy (non-hydrogen) atoms. The molecule has 2 rings (SSSR count). The van der Waals surface area contributed by atoms with Crippen LogP contribution in [-0.2, 0) is 0 Å². The fourth-order valence-electron chi connectivity index (χ4n) is 1.50. The molecule has 98 valence electrons. The standard InChI is InChI=1S/C12H12ClN5O/c1-2-7-18(14)11-15-8-17(12(19)16-11)10-6-4-3-5-9(10)13/h2-6,8H,1,7,14H2. The first-order valence-corrected chi connectivity index (χ1v) is 5.85. The van der Waals surface area contributed by atoms with Gasteiger partial charge in [0.2, 0.25) is 5.95 Å². The molecule has 0 unspecified atom stereocenters. The number of anilines is 1. The summed E-state index contributed by atoms with van der Waals surface area (Å²) in [6.45, 7) is 3.89. The zero-order valence-electron chi connectivity index (χ0n) is 10.0. The molecule has 0 saturated heterocycles. The molecule has 0 amide bonds. The molecule has 0 bridgehead atoms. The van der Waals surface area contributed by atoms with Crippen molar-refractivity contribution in [1.82, 2.24) is 14.5 Å². The van der Waals surface area contributed by atoms with Gasteiger partial charge in [0.15, 0.2) is 0 Å². The Labute approximate surface area is 114 Å². The lowest BCUT2D eigenvalue weighted by Crippen LogP contribution is -2.35. The van der Waals surface area contributed by atoms with Gasteiger partial charge < -0.3 is 0 Å². The predicted octanol–water partition coefficient (Wildman–Crippen LogP) is 1.15. The Kier molecular flexibility index (Phi) is 3.94. The monoisotopic (exact) mass is 277 g/mol. The largest absolute Gasteiger partial charge is 0.356 e. The first kappa shape index (κ1) is 13.3. The van der Waals surface area contributed by atoms with Crippen LogP contribution in [0.4, 0.5) is 5.95 Å². The molecular weight excluding hydrogens is 266 g/mol. The highest BCUT2D eigenvalue weighted by atomic mass is 35.5. The van der Waals surface area contributed by atoms with Crippen LogP contribution in [0.25, 0.3) is 5.69 Å². The molecular formula is C12H12ClN5O. The van der Waals surface area contributed by atoms with Crippen molar-refractivity contribution >= 4 is 17.5 Å². The summed E-state index contributed by atoms with van der Waals surface area (Å²) in [5.74, 6) is 5.79. The Morgan fingerprint density at radius 1 is 1.47 bits per heavy atom. The SMILES string of the molecule is C=CCN(N)c1ncn(-c2ccccc2Cl)c(=O)n1. The molecule has 2 aromatic rings. The number of nitrogens with zero attached hydrogens (tertiary/aromatic N) is 4. The van der Waals surface area contributed by atoms with Crippen molar-refractivity contribution in [2.24, 2.45) is 5.84 Å². The number of aromatic nitrogens is 3. The van der Waals surface area contributed by atoms with Crippen molar-refractivity contribution in [2.45, 2.75) is 0 Å². The van der Waals surface area contributed by atoms with Gasteiger partial charge in [0.05, 0.1) is 17.3 Å². The molecule has 0 radical (unpaired) electrons. The summed E-state index contributed by atoms with van der Waals surface area (Å²) in [5.41, 5.74) is 0.0191. The Hall–Kier alpha value is -2.18. The number of nitrogens with two attached hydrogens (primary N) is 1. The van der Waals surface area contributed by atoms with E-state index in [1.54, 1.807) is 30.3 Å². The average Bonchev–Trinajstić information content (AvgIpc) is 2.40. The Bertz CT molecular complexity index is 655. The van der Waals surface area contributed by atoms with Gasteiger partial charge in [-0.05, 0) is 12.1 Å². The van der Waals surface area contributed by atoms with Crippen molar-refractivity contribution in [3.8, 4) is 5.69 Å². The van der Waals surface area contributed by atoms with Crippen LogP contribution >= 0.6 is 11.6 Å². The summed E-state index contributed by atoms with van der Waals surface area (Å²) in [7, 11) is 0. The van der Waals surface area contributed by atoms with Crippen LogP contribution in [0.15, 0.2) is 48.0 Å². The smallest absolute Gasteiger partial charge is 0.275 e. The molecule has 0 fully saturated rings. The highest BCUT2D eigenvalue weighted by Gasteiger charge is 2.09. The number of hydrogen-bond donors (Lipinski definition) is 1. The summed E-state index contributed by atoms with van der Waals surface area (Å²) in [4.78, 5) is 19.8. The first-order chi connectivity index (χ1) is 9.13. The predicted molar refractivity (Wildman–Crippen MR) is 74.4 cm³/mol. The van der Waals surface area contributed by atoms with E-state index in [1.165, 1.54) is 15.9 Å². The maximum Gasteiger partial charge on any atom is 0.356 e. The topological polar surface area (TPSA) is 77.0 Å². The highest BCUT2D eigenvalue weighted by Crippen LogP contribution is 2.17. The molecule has 0 spiro atoms. The van der Waals surface area contributed by atoms with E-state index in [0.29, 0.717) is 17.3 Å². The second-order valence-corrected chi connectivity index (χ2v) is 4.11. The van der Waals surface area contributed by atoms with Gasteiger partial charge in [-0.15, -0.1) is 6.58 Å². The van der Waals surface area contributed by atoms with Crippen molar-refractivity contribution < 1.29 is 0 Å². The van der Waals surface area contributed by atoms with Crippen molar-refractivity contribution in [2.75, 3.05) is 11.6 Å². The average molecular weight is 278 g/mol. The van der Waals surface area contributed by atoms with Gasteiger partial charge >= 0.3 is 5.69 Å². The lowest BCUT2D eigenvalue weighted by Gasteiger charge is -2.14. The van der Waals surface area contributed by atoms with Gasteiger partial charge in [-0.1, -0.05) is 29.8 Å². The quantitative estimate of drug-likeness (QED) is 0.515. The maximum absolute atomic E-state index is 11.9. The lowest BCUT2D eigenvalue weighted by molar-refractivity contribution is 0.799. The number of hydrazine groups is 1. The number of para-hydroxylation sites is 1. The molecule has 6 nitrogen and oxygen atoms in total. The Morgan fingerprint density at radius 2 is 2.21 bits per heavy atom. The van der Waals surface area contributed by atoms with Gasteiger partial charge in [0.25, 0.3) is 0 Å². The summed E-state index contributed by atoms with van der Waals surface area (Å²) < 4.78 is 1.26. The van der Waals surface area contributed by atoms with Crippen molar-refractivity contribution in [3.05, 3.63) is 58.8 Å². The molecule has 1 aromatic carbocycles. The van der Waals surface area contributed by atoms with E-state index >= 15 is 0 Å². The minimum Gasteiger partial charge on any atom is -0.275 e. The maximum atomic E-state index is 11.9. The second-order valence-electron chi connectivity index (χ2n) is 3.70. The zero-order chi connectivity index (χ0) is 13.8. The first-order valence-electron chi connectivity index (χ1n) is 5.47. The van der Waals surface area contributed by atoms with Crippen LogP contribution in [-0.4, -0.2) is 21.1 Å². The molecule has 0 atom stereocenters. The van der Waals surface area contributed by atoms with Gasteiger partial charge in [-0.3, -0.25) is 5.01 Å². The molecule has 0 aliphatic rings. The van der Waals surface area contributed by atoms with Crippen LogP contribution in [0.1, 0.15) is 0 Å². The molecule has 2 N–H and O–H groups in total. The van der Waals surface area contributed by atoms with E-state index in [4.69, 9.17) is 17.4 Å². The fraction of sp³-hybridized carbons (Fsp3) is 0.0833. The van der Waals surface area contributed by atoms with Crippen molar-refractivity contribution in [1.29, 1.82) is 0 Å². The minimum absolute atomic E-state index is 0.133. The third kappa shape index (κ3) is 2.81. The summed E-state index contributed by atoms with van der Waals surface area (Å²) >= 11 is 6.02. The van der Waals surface area contributed by atoms with E-state index < -0.39 is 5.69 Å². The van der Waals surface area contributed by atoms with Gasteiger partial charge in [-0.2, -0.15) is 4.98 Å². The number of halogens is 1. The Balaban J connectivity index is 2.43. The summed E-state index contributed by atoms with van der Waals surface area (Å²) in [5, 5.41) is 1.67. The van der Waals surface area contributed by atoms with Crippen LogP contribution in [0.3, 0.4) is 0 Å².